The minimum atomic E-state index is 0.438. The number of rotatable bonds is 5. The molecule has 2 aromatic rings. The third-order valence-corrected chi connectivity index (χ3v) is 2.54. The fourth-order valence-corrected chi connectivity index (χ4v) is 1.67. The summed E-state index contributed by atoms with van der Waals surface area (Å²) in [6, 6.07) is 3.99. The maximum absolute atomic E-state index is 5.08. The molecule has 0 saturated carbocycles. The van der Waals surface area contributed by atoms with Crippen molar-refractivity contribution in [3.63, 3.8) is 0 Å². The average molecular weight is 234 g/mol. The van der Waals surface area contributed by atoms with Gasteiger partial charge in [-0.1, -0.05) is 13.0 Å². The number of hydrogen-bond donors (Lipinski definition) is 1. The van der Waals surface area contributed by atoms with Gasteiger partial charge < -0.3 is 10.1 Å². The van der Waals surface area contributed by atoms with Crippen LogP contribution >= 0.6 is 0 Å². The van der Waals surface area contributed by atoms with E-state index >= 15 is 0 Å². The van der Waals surface area contributed by atoms with Gasteiger partial charge in [-0.25, -0.2) is 4.52 Å². The lowest BCUT2D eigenvalue weighted by Gasteiger charge is -2.09. The van der Waals surface area contributed by atoms with E-state index in [0.717, 1.165) is 18.8 Å². The quantitative estimate of drug-likeness (QED) is 0.856. The minimum absolute atomic E-state index is 0.438. The van der Waals surface area contributed by atoms with E-state index in [4.69, 9.17) is 4.74 Å². The van der Waals surface area contributed by atoms with E-state index in [1.165, 1.54) is 5.56 Å². The van der Waals surface area contributed by atoms with Crippen LogP contribution in [0.25, 0.3) is 5.65 Å². The molecule has 5 heteroatoms. The third-order valence-electron chi connectivity index (χ3n) is 2.54. The van der Waals surface area contributed by atoms with Gasteiger partial charge in [-0.05, 0) is 24.5 Å². The largest absolute Gasteiger partial charge is 0.384 e. The Kier molecular flexibility index (Phi) is 3.58. The maximum Gasteiger partial charge on any atom is 0.243 e. The summed E-state index contributed by atoms with van der Waals surface area (Å²) >= 11 is 0. The van der Waals surface area contributed by atoms with Crippen molar-refractivity contribution in [3.05, 3.63) is 23.9 Å². The van der Waals surface area contributed by atoms with Gasteiger partial charge in [-0.3, -0.25) is 0 Å². The number of pyridine rings is 1. The van der Waals surface area contributed by atoms with E-state index in [1.807, 2.05) is 25.3 Å². The summed E-state index contributed by atoms with van der Waals surface area (Å²) in [5, 5.41) is 7.57. The standard InChI is InChI=1S/C12H18N4O/c1-9-4-5-11-14-12(15-16(11)7-9)13-6-10(2)8-17-3/h4-5,7,10H,6,8H2,1-3H3,(H,13,15). The Morgan fingerprint density at radius 1 is 1.47 bits per heavy atom. The fraction of sp³-hybridized carbons (Fsp3) is 0.500. The Labute approximate surface area is 101 Å². The first-order chi connectivity index (χ1) is 8.19. The molecular weight excluding hydrogens is 216 g/mol. The molecule has 2 rings (SSSR count). The van der Waals surface area contributed by atoms with Crippen LogP contribution in [0.1, 0.15) is 12.5 Å². The molecule has 0 radical (unpaired) electrons. The van der Waals surface area contributed by atoms with Crippen LogP contribution in [0, 0.1) is 12.8 Å². The number of aromatic nitrogens is 3. The zero-order valence-corrected chi connectivity index (χ0v) is 10.5. The number of nitrogens with zero attached hydrogens (tertiary/aromatic N) is 3. The molecule has 1 atom stereocenters. The Morgan fingerprint density at radius 2 is 2.29 bits per heavy atom. The number of methoxy groups -OCH3 is 1. The summed E-state index contributed by atoms with van der Waals surface area (Å²) in [6.07, 6.45) is 1.96. The predicted molar refractivity (Wildman–Crippen MR) is 67.3 cm³/mol. The maximum atomic E-state index is 5.08. The van der Waals surface area contributed by atoms with Crippen LogP contribution in [0.15, 0.2) is 18.3 Å². The molecule has 0 amide bonds. The van der Waals surface area contributed by atoms with Crippen molar-refractivity contribution < 1.29 is 4.74 Å². The third kappa shape index (κ3) is 2.94. The van der Waals surface area contributed by atoms with Crippen molar-refractivity contribution in [1.82, 2.24) is 14.6 Å². The average Bonchev–Trinajstić information content (AvgIpc) is 2.68. The number of nitrogens with one attached hydrogen (secondary N) is 1. The van der Waals surface area contributed by atoms with Crippen LogP contribution in [0.4, 0.5) is 5.95 Å². The second-order valence-electron chi connectivity index (χ2n) is 4.39. The van der Waals surface area contributed by atoms with Gasteiger partial charge in [0.15, 0.2) is 5.65 Å². The molecule has 2 aromatic heterocycles. The lowest BCUT2D eigenvalue weighted by atomic mass is 10.2. The molecule has 0 fully saturated rings. The summed E-state index contributed by atoms with van der Waals surface area (Å²) < 4.78 is 6.87. The fourth-order valence-electron chi connectivity index (χ4n) is 1.67. The number of aryl methyl sites for hydroxylation is 1. The van der Waals surface area contributed by atoms with Crippen LogP contribution in [-0.4, -0.2) is 34.9 Å². The first-order valence-corrected chi connectivity index (χ1v) is 5.75. The molecule has 0 spiro atoms. The van der Waals surface area contributed by atoms with Gasteiger partial charge >= 0.3 is 0 Å². The zero-order chi connectivity index (χ0) is 12.3. The van der Waals surface area contributed by atoms with Gasteiger partial charge in [0.2, 0.25) is 5.95 Å². The van der Waals surface area contributed by atoms with Crippen LogP contribution < -0.4 is 5.32 Å². The van der Waals surface area contributed by atoms with E-state index in [1.54, 1.807) is 11.6 Å². The first-order valence-electron chi connectivity index (χ1n) is 5.75. The van der Waals surface area contributed by atoms with E-state index in [9.17, 15) is 0 Å². The Hall–Kier alpha value is -1.62. The number of fused-ring (bicyclic) bond motifs is 1. The highest BCUT2D eigenvalue weighted by molar-refractivity contribution is 5.44. The lowest BCUT2D eigenvalue weighted by molar-refractivity contribution is 0.164. The van der Waals surface area contributed by atoms with Crippen molar-refractivity contribution in [2.45, 2.75) is 13.8 Å². The molecule has 1 unspecified atom stereocenters. The lowest BCUT2D eigenvalue weighted by Crippen LogP contribution is -2.16. The smallest absolute Gasteiger partial charge is 0.243 e. The molecule has 0 bridgehead atoms. The summed E-state index contributed by atoms with van der Waals surface area (Å²) in [7, 11) is 1.71. The van der Waals surface area contributed by atoms with Crippen LogP contribution in [-0.2, 0) is 4.74 Å². The van der Waals surface area contributed by atoms with Crippen LogP contribution in [0.2, 0.25) is 0 Å². The Balaban J connectivity index is 2.04. The molecule has 2 heterocycles. The highest BCUT2D eigenvalue weighted by Gasteiger charge is 2.05. The Morgan fingerprint density at radius 3 is 3.06 bits per heavy atom. The number of hydrogen-bond acceptors (Lipinski definition) is 4. The highest BCUT2D eigenvalue weighted by atomic mass is 16.5. The zero-order valence-electron chi connectivity index (χ0n) is 10.5. The molecule has 5 nitrogen and oxygen atoms in total. The van der Waals surface area contributed by atoms with E-state index < -0.39 is 0 Å². The summed E-state index contributed by atoms with van der Waals surface area (Å²) in [5.74, 6) is 1.10. The normalized spacial score (nSPS) is 12.9. The number of ether oxygens (including phenoxy) is 1. The van der Waals surface area contributed by atoms with E-state index in [-0.39, 0.29) is 0 Å². The monoisotopic (exact) mass is 234 g/mol. The molecule has 1 N–H and O–H groups in total. The van der Waals surface area contributed by atoms with Gasteiger partial charge in [0.05, 0.1) is 6.61 Å². The topological polar surface area (TPSA) is 51.5 Å². The molecular formula is C12H18N4O. The van der Waals surface area contributed by atoms with E-state index in [0.29, 0.717) is 11.9 Å². The predicted octanol–water partition coefficient (Wildman–Crippen LogP) is 1.73. The Bertz CT molecular complexity index is 494. The van der Waals surface area contributed by atoms with E-state index in [2.05, 4.69) is 22.3 Å². The van der Waals surface area contributed by atoms with Crippen molar-refractivity contribution >= 4 is 11.6 Å². The molecule has 17 heavy (non-hydrogen) atoms. The van der Waals surface area contributed by atoms with Crippen molar-refractivity contribution in [2.75, 3.05) is 25.6 Å². The van der Waals surface area contributed by atoms with Crippen LogP contribution in [0.3, 0.4) is 0 Å². The van der Waals surface area contributed by atoms with Gasteiger partial charge in [0.25, 0.3) is 0 Å². The second-order valence-corrected chi connectivity index (χ2v) is 4.39. The molecule has 0 aromatic carbocycles. The first kappa shape index (κ1) is 11.9. The van der Waals surface area contributed by atoms with Gasteiger partial charge in [-0.15, -0.1) is 5.10 Å². The van der Waals surface area contributed by atoms with Crippen molar-refractivity contribution in [1.29, 1.82) is 0 Å². The summed E-state index contributed by atoms with van der Waals surface area (Å²) in [6.45, 7) is 5.70. The van der Waals surface area contributed by atoms with Crippen molar-refractivity contribution in [2.24, 2.45) is 5.92 Å². The molecule has 0 aliphatic carbocycles. The molecule has 0 aliphatic heterocycles. The molecule has 92 valence electrons. The SMILES string of the molecule is COCC(C)CNc1nc2ccc(C)cn2n1. The molecule has 0 saturated heterocycles. The van der Waals surface area contributed by atoms with Crippen LogP contribution in [0.5, 0.6) is 0 Å². The second kappa shape index (κ2) is 5.14. The highest BCUT2D eigenvalue weighted by Crippen LogP contribution is 2.07. The summed E-state index contributed by atoms with van der Waals surface area (Å²) in [5.41, 5.74) is 2.03. The van der Waals surface area contributed by atoms with Gasteiger partial charge in [-0.2, -0.15) is 4.98 Å². The van der Waals surface area contributed by atoms with Gasteiger partial charge in [0, 0.05) is 19.9 Å². The molecule has 0 aliphatic rings. The van der Waals surface area contributed by atoms with Crippen molar-refractivity contribution in [3.8, 4) is 0 Å². The minimum Gasteiger partial charge on any atom is -0.384 e. The van der Waals surface area contributed by atoms with Gasteiger partial charge in [0.1, 0.15) is 0 Å². The summed E-state index contributed by atoms with van der Waals surface area (Å²) in [4.78, 5) is 4.39. The number of anilines is 1.